The monoisotopic (exact) mass is 812 g/mol. The van der Waals surface area contributed by atoms with Crippen molar-refractivity contribution >= 4 is 50.3 Å². The molecule has 5 atom stereocenters. The van der Waals surface area contributed by atoms with Gasteiger partial charge in [0, 0.05) is 42.7 Å². The molecule has 3 aliphatic heterocycles. The average molecular weight is 813 g/mol. The quantitative estimate of drug-likeness (QED) is 0.316. The van der Waals surface area contributed by atoms with Crippen LogP contribution in [-0.2, 0) is 47.0 Å². The van der Waals surface area contributed by atoms with Crippen molar-refractivity contribution < 1.29 is 45.9 Å². The zero-order valence-corrected chi connectivity index (χ0v) is 32.0. The number of benzene rings is 2. The predicted octanol–water partition coefficient (Wildman–Crippen LogP) is 4.06. The highest BCUT2D eigenvalue weighted by Crippen LogP contribution is 2.48. The van der Waals surface area contributed by atoms with E-state index in [1.54, 1.807) is 29.6 Å². The maximum Gasteiger partial charge on any atom is 0.410 e. The summed E-state index contributed by atoms with van der Waals surface area (Å²) in [6.45, 7) is 0.697. The molecule has 2 saturated carbocycles. The summed E-state index contributed by atoms with van der Waals surface area (Å²) in [7, 11) is -3.92. The molecule has 298 valence electrons. The Morgan fingerprint density at radius 2 is 1.79 bits per heavy atom. The van der Waals surface area contributed by atoms with Crippen LogP contribution in [0.15, 0.2) is 47.8 Å². The summed E-state index contributed by atoms with van der Waals surface area (Å²) in [6, 6.07) is 8.41. The van der Waals surface area contributed by atoms with E-state index in [0.717, 1.165) is 0 Å². The fourth-order valence-electron chi connectivity index (χ4n) is 7.88. The second-order valence-electron chi connectivity index (χ2n) is 15.2. The van der Waals surface area contributed by atoms with E-state index in [2.05, 4.69) is 20.3 Å². The Morgan fingerprint density at radius 1 is 1.02 bits per heavy atom. The Labute approximate surface area is 326 Å². The van der Waals surface area contributed by atoms with Gasteiger partial charge >= 0.3 is 6.09 Å². The van der Waals surface area contributed by atoms with E-state index in [4.69, 9.17) is 9.47 Å². The molecule has 8 rings (SSSR count). The summed E-state index contributed by atoms with van der Waals surface area (Å²) in [5.41, 5.74) is 0.801. The van der Waals surface area contributed by atoms with Crippen LogP contribution in [-0.4, -0.2) is 95.8 Å². The smallest absolute Gasteiger partial charge is 0.410 e. The molecule has 0 unspecified atom stereocenters. The first-order chi connectivity index (χ1) is 26.9. The van der Waals surface area contributed by atoms with Crippen molar-refractivity contribution in [1.82, 2.24) is 24.8 Å². The number of halogens is 2. The fourth-order valence-corrected chi connectivity index (χ4v) is 10.0. The Kier molecular flexibility index (Phi) is 10.5. The second kappa shape index (κ2) is 15.3. The first-order valence-electron chi connectivity index (χ1n) is 18.9. The Bertz CT molecular complexity index is 2130. The van der Waals surface area contributed by atoms with Gasteiger partial charge < -0.3 is 25.0 Å². The lowest BCUT2D eigenvalue weighted by Crippen LogP contribution is -2.57. The van der Waals surface area contributed by atoms with Gasteiger partial charge in [0.15, 0.2) is 5.13 Å². The van der Waals surface area contributed by atoms with Crippen LogP contribution in [0, 0.1) is 17.6 Å². The largest absolute Gasteiger partial charge is 0.444 e. The molecule has 0 spiro atoms. The molecule has 1 aromatic heterocycles. The van der Waals surface area contributed by atoms with E-state index in [-0.39, 0.29) is 44.2 Å². The highest BCUT2D eigenvalue weighted by Gasteiger charge is 2.62. The number of rotatable bonds is 7. The van der Waals surface area contributed by atoms with Crippen molar-refractivity contribution in [1.29, 1.82) is 0 Å². The Hall–Kier alpha value is -4.68. The fraction of sp³-hybridized carbons (Fsp3) is 0.500. The molecule has 4 amide bonds. The first kappa shape index (κ1) is 38.2. The number of aromatic nitrogens is 1. The van der Waals surface area contributed by atoms with Gasteiger partial charge in [-0.3, -0.25) is 24.0 Å². The third-order valence-electron chi connectivity index (χ3n) is 11.2. The topological polar surface area (TPSA) is 176 Å². The van der Waals surface area contributed by atoms with Crippen molar-refractivity contribution in [3.8, 4) is 11.3 Å². The number of anilines is 1. The molecule has 0 bridgehead atoms. The molecule has 4 fully saturated rings. The molecular weight excluding hydrogens is 771 g/mol. The SMILES string of the molecule is O=C1N[C@]2(C(=O)NS(=O)(=O)C3CC3)C[C@H]2CCCOCCC[C@H](Nc2nc(-c3ccc(F)cc3)cs2)C(=O)N2C[C@H](OC(=O)N3Cc4cccc(F)c4C3)C[C@@H]12. The lowest BCUT2D eigenvalue weighted by Gasteiger charge is -2.30. The number of thiazole rings is 1. The third-order valence-corrected chi connectivity index (χ3v) is 13.8. The van der Waals surface area contributed by atoms with Crippen LogP contribution < -0.4 is 15.4 Å². The van der Waals surface area contributed by atoms with Gasteiger partial charge in [0.2, 0.25) is 21.8 Å². The van der Waals surface area contributed by atoms with Crippen LogP contribution >= 0.6 is 11.3 Å². The minimum Gasteiger partial charge on any atom is -0.444 e. The second-order valence-corrected chi connectivity index (χ2v) is 18.0. The molecule has 4 heterocycles. The Balaban J connectivity index is 1.05. The number of sulfonamides is 1. The van der Waals surface area contributed by atoms with Crippen molar-refractivity contribution in [3.63, 3.8) is 0 Å². The summed E-state index contributed by atoms with van der Waals surface area (Å²) >= 11 is 1.25. The molecule has 2 saturated heterocycles. The van der Waals surface area contributed by atoms with Crippen molar-refractivity contribution in [3.05, 3.63) is 70.6 Å². The van der Waals surface area contributed by atoms with E-state index < -0.39 is 68.6 Å². The van der Waals surface area contributed by atoms with E-state index in [1.165, 1.54) is 39.3 Å². The normalized spacial score (nSPS) is 26.9. The number of carbonyl (C=O) groups excluding carboxylic acids is 4. The molecule has 2 aliphatic carbocycles. The predicted molar refractivity (Wildman–Crippen MR) is 199 cm³/mol. The standard InChI is InChI=1S/C38H42F2N6O8S2/c39-25-10-8-22(9-11-25)31-21-55-36(42-31)41-30-7-3-15-53-14-2-5-24-17-38(24,35(49)44-56(51,52)27-12-13-27)43-33(47)32-16-26(19-46(32)34(30)48)54-37(50)45-18-23-4-1-6-29(40)28(23)20-45/h1,4,6,8-11,21,24,26-27,30,32H,2-3,5,7,12-20H2,(H,41,42)(H,43,47)(H,44,49)/t24-,26-,30+,32+,38-/m1/s1. The number of ether oxygens (including phenoxy) is 2. The molecule has 18 heteroatoms. The molecule has 2 aromatic carbocycles. The van der Waals surface area contributed by atoms with Gasteiger partial charge in [-0.05, 0) is 86.8 Å². The lowest BCUT2D eigenvalue weighted by atomic mass is 10.1. The van der Waals surface area contributed by atoms with E-state index in [1.807, 2.05) is 0 Å². The van der Waals surface area contributed by atoms with Crippen LogP contribution in [0.2, 0.25) is 0 Å². The lowest BCUT2D eigenvalue weighted by molar-refractivity contribution is -0.140. The number of fused-ring (bicyclic) bond motifs is 3. The van der Waals surface area contributed by atoms with Gasteiger partial charge in [-0.25, -0.2) is 27.0 Å². The highest BCUT2D eigenvalue weighted by atomic mass is 32.2. The number of nitrogens with zero attached hydrogens (tertiary/aromatic N) is 3. The number of nitrogens with one attached hydrogen (secondary N) is 3. The summed E-state index contributed by atoms with van der Waals surface area (Å²) in [6.07, 6.45) is 1.18. The van der Waals surface area contributed by atoms with Gasteiger partial charge in [0.25, 0.3) is 5.91 Å². The van der Waals surface area contributed by atoms with E-state index in [0.29, 0.717) is 79.3 Å². The van der Waals surface area contributed by atoms with Crippen molar-refractivity contribution in [2.45, 2.75) is 93.4 Å². The maximum atomic E-state index is 14.6. The van der Waals surface area contributed by atoms with Gasteiger partial charge in [-0.2, -0.15) is 0 Å². The van der Waals surface area contributed by atoms with Crippen molar-refractivity contribution in [2.24, 2.45) is 5.92 Å². The molecule has 3 N–H and O–H groups in total. The molecular formula is C38H42F2N6O8S2. The van der Waals surface area contributed by atoms with Crippen LogP contribution in [0.25, 0.3) is 11.3 Å². The van der Waals surface area contributed by atoms with Gasteiger partial charge in [0.05, 0.1) is 24.0 Å². The number of hydrogen-bond acceptors (Lipinski definition) is 11. The number of carbonyl (C=O) groups is 4. The minimum atomic E-state index is -3.92. The van der Waals surface area contributed by atoms with Crippen LogP contribution in [0.4, 0.5) is 18.7 Å². The van der Waals surface area contributed by atoms with Crippen LogP contribution in [0.3, 0.4) is 0 Å². The zero-order valence-electron chi connectivity index (χ0n) is 30.4. The summed E-state index contributed by atoms with van der Waals surface area (Å²) in [4.78, 5) is 63.4. The molecule has 0 radical (unpaired) electrons. The number of hydrogen-bond donors (Lipinski definition) is 3. The van der Waals surface area contributed by atoms with Gasteiger partial charge in [0.1, 0.15) is 35.4 Å². The third kappa shape index (κ3) is 7.95. The molecule has 3 aromatic rings. The van der Waals surface area contributed by atoms with Crippen molar-refractivity contribution in [2.75, 3.05) is 25.1 Å². The van der Waals surface area contributed by atoms with Gasteiger partial charge in [-0.15, -0.1) is 11.3 Å². The average Bonchev–Trinajstić information content (AvgIpc) is 3.97. The molecule has 5 aliphatic rings. The molecule has 56 heavy (non-hydrogen) atoms. The van der Waals surface area contributed by atoms with E-state index >= 15 is 0 Å². The Morgan fingerprint density at radius 3 is 2.54 bits per heavy atom. The first-order valence-corrected chi connectivity index (χ1v) is 21.3. The summed E-state index contributed by atoms with van der Waals surface area (Å²) < 4.78 is 67.7. The summed E-state index contributed by atoms with van der Waals surface area (Å²) in [5, 5.41) is 7.61. The van der Waals surface area contributed by atoms with Gasteiger partial charge in [-0.1, -0.05) is 12.1 Å². The zero-order chi connectivity index (χ0) is 39.2. The minimum absolute atomic E-state index is 0.00466. The van der Waals surface area contributed by atoms with Crippen LogP contribution in [0.1, 0.15) is 62.5 Å². The van der Waals surface area contributed by atoms with E-state index in [9.17, 15) is 36.4 Å². The van der Waals surface area contributed by atoms with Crippen LogP contribution in [0.5, 0.6) is 0 Å². The molecule has 14 nitrogen and oxygen atoms in total. The highest BCUT2D eigenvalue weighted by molar-refractivity contribution is 7.91. The number of amides is 4. The summed E-state index contributed by atoms with van der Waals surface area (Å²) in [5.74, 6) is -3.14. The maximum absolute atomic E-state index is 14.6.